The molecule has 3 N–H and O–H groups in total. The molecule has 3 saturated heterocycles. The summed E-state index contributed by atoms with van der Waals surface area (Å²) in [5, 5.41) is 16.9. The van der Waals surface area contributed by atoms with Gasteiger partial charge in [-0.2, -0.15) is 0 Å². The number of Topliss-reactive ketones (excluding diaryl/α,β-unsaturated/α-hetero) is 1. The number of carbonyl (C=O) groups excluding carboxylic acids is 4. The largest absolute Gasteiger partial charge is 0.459 e. The second-order valence-corrected chi connectivity index (χ2v) is 14.2. The lowest BCUT2D eigenvalue weighted by Gasteiger charge is -2.39. The number of esters is 1. The van der Waals surface area contributed by atoms with Crippen molar-refractivity contribution in [1.29, 1.82) is 0 Å². The topological polar surface area (TPSA) is 153 Å². The minimum Gasteiger partial charge on any atom is -0.459 e. The predicted octanol–water partition coefficient (Wildman–Crippen LogP) is 3.87. The Bertz CT molecular complexity index is 1200. The van der Waals surface area contributed by atoms with Crippen LogP contribution in [-0.4, -0.2) is 90.1 Å². The fraction of sp³-hybridized carbons (Fsp3) is 0.722. The monoisotopic (exact) mass is 660 g/mol. The zero-order valence-electron chi connectivity index (χ0n) is 29.4. The molecule has 0 bridgehead atoms. The van der Waals surface area contributed by atoms with Crippen LogP contribution in [0.4, 0.5) is 0 Å². The lowest BCUT2D eigenvalue weighted by atomic mass is 9.82. The standard InChI is InChI=1S/C36H56N2O9/c1-9-16-37-34(43)35(7,8)19-27(40)18-28-20-36(21-44-36)33(42)31(47-28)14-11-22(2)10-13-30-23(3)17-29(25(5)46-30)38-32(41)15-12-24(4)45-26(6)39/h10-12,14-15,23-25,28-31,33,42H,9,13,16-21H2,1-8H3,(H,37,43)(H,38,41)/b14-11+,15-12-,22-10+/t23-,24-,25+,28+,29+,30-,31+,33+,36+/m0/s1. The third-order valence-corrected chi connectivity index (χ3v) is 9.17. The first-order valence-electron chi connectivity index (χ1n) is 17.0. The molecule has 11 nitrogen and oxygen atoms in total. The quantitative estimate of drug-likeness (QED) is 0.103. The molecule has 3 aliphatic rings. The molecule has 47 heavy (non-hydrogen) atoms. The molecule has 0 aromatic rings. The van der Waals surface area contributed by atoms with Crippen molar-refractivity contribution < 1.29 is 43.2 Å². The molecule has 0 unspecified atom stereocenters. The third-order valence-electron chi connectivity index (χ3n) is 9.17. The Morgan fingerprint density at radius 3 is 2.47 bits per heavy atom. The lowest BCUT2D eigenvalue weighted by molar-refractivity contribution is -0.147. The van der Waals surface area contributed by atoms with Gasteiger partial charge in [-0.1, -0.05) is 51.5 Å². The van der Waals surface area contributed by atoms with Gasteiger partial charge in [0.1, 0.15) is 29.7 Å². The summed E-state index contributed by atoms with van der Waals surface area (Å²) in [6.45, 7) is 15.6. The van der Waals surface area contributed by atoms with Gasteiger partial charge in [-0.25, -0.2) is 0 Å². The number of hydrogen-bond donors (Lipinski definition) is 3. The highest BCUT2D eigenvalue weighted by Gasteiger charge is 2.58. The number of epoxide rings is 1. The van der Waals surface area contributed by atoms with Crippen molar-refractivity contribution in [3.8, 4) is 0 Å². The summed E-state index contributed by atoms with van der Waals surface area (Å²) in [6, 6.07) is -0.140. The maximum Gasteiger partial charge on any atom is 0.303 e. The number of nitrogens with one attached hydrogen (secondary N) is 2. The molecule has 2 amide bonds. The minimum absolute atomic E-state index is 0.0237. The van der Waals surface area contributed by atoms with Crippen LogP contribution < -0.4 is 10.6 Å². The molecule has 0 aromatic carbocycles. The van der Waals surface area contributed by atoms with Gasteiger partial charge in [0.15, 0.2) is 0 Å². The minimum atomic E-state index is -0.844. The third kappa shape index (κ3) is 11.7. The van der Waals surface area contributed by atoms with Gasteiger partial charge in [-0.3, -0.25) is 19.2 Å². The molecule has 9 atom stereocenters. The molecule has 1 spiro atoms. The Labute approximate surface area is 279 Å². The van der Waals surface area contributed by atoms with Gasteiger partial charge in [-0.05, 0) is 52.0 Å². The molecule has 3 heterocycles. The zero-order chi connectivity index (χ0) is 34.9. The van der Waals surface area contributed by atoms with Gasteiger partial charge in [0, 0.05) is 38.8 Å². The van der Waals surface area contributed by atoms with Crippen LogP contribution in [-0.2, 0) is 38.1 Å². The van der Waals surface area contributed by atoms with E-state index in [1.165, 1.54) is 13.0 Å². The number of hydrogen-bond acceptors (Lipinski definition) is 9. The average Bonchev–Trinajstić information content (AvgIpc) is 3.75. The van der Waals surface area contributed by atoms with Gasteiger partial charge >= 0.3 is 5.97 Å². The summed E-state index contributed by atoms with van der Waals surface area (Å²) in [6.07, 6.45) is 9.16. The van der Waals surface area contributed by atoms with Crippen molar-refractivity contribution in [1.82, 2.24) is 10.6 Å². The molecule has 0 radical (unpaired) electrons. The highest BCUT2D eigenvalue weighted by Crippen LogP contribution is 2.43. The molecule has 0 saturated carbocycles. The van der Waals surface area contributed by atoms with Gasteiger partial charge < -0.3 is 34.7 Å². The molecular formula is C36H56N2O9. The van der Waals surface area contributed by atoms with E-state index >= 15 is 0 Å². The van der Waals surface area contributed by atoms with Crippen LogP contribution in [0, 0.1) is 11.3 Å². The molecule has 11 heteroatoms. The van der Waals surface area contributed by atoms with E-state index in [4.69, 9.17) is 18.9 Å². The van der Waals surface area contributed by atoms with E-state index in [0.29, 0.717) is 26.0 Å². The van der Waals surface area contributed by atoms with Crippen molar-refractivity contribution in [3.05, 3.63) is 36.0 Å². The Morgan fingerprint density at radius 1 is 1.13 bits per heavy atom. The van der Waals surface area contributed by atoms with Crippen molar-refractivity contribution >= 4 is 23.6 Å². The first kappa shape index (κ1) is 38.6. The van der Waals surface area contributed by atoms with Crippen molar-refractivity contribution in [2.45, 2.75) is 142 Å². The first-order chi connectivity index (χ1) is 22.0. The van der Waals surface area contributed by atoms with Gasteiger partial charge in [-0.15, -0.1) is 0 Å². The Morgan fingerprint density at radius 2 is 1.83 bits per heavy atom. The number of aliphatic hydroxyl groups is 1. The van der Waals surface area contributed by atoms with Crippen LogP contribution in [0.2, 0.25) is 0 Å². The number of amides is 2. The Balaban J connectivity index is 1.52. The highest BCUT2D eigenvalue weighted by atomic mass is 16.6. The smallest absolute Gasteiger partial charge is 0.303 e. The van der Waals surface area contributed by atoms with Crippen LogP contribution in [0.25, 0.3) is 0 Å². The molecule has 0 aromatic heterocycles. The number of allylic oxidation sites excluding steroid dienone is 2. The normalized spacial score (nSPS) is 31.9. The van der Waals surface area contributed by atoms with Crippen molar-refractivity contribution in [2.24, 2.45) is 11.3 Å². The summed E-state index contributed by atoms with van der Waals surface area (Å²) in [5.41, 5.74) is -0.533. The van der Waals surface area contributed by atoms with Crippen LogP contribution in [0.3, 0.4) is 0 Å². The van der Waals surface area contributed by atoms with Gasteiger partial charge in [0.25, 0.3) is 0 Å². The second kappa shape index (κ2) is 17.0. The zero-order valence-corrected chi connectivity index (χ0v) is 29.4. The molecule has 3 aliphatic heterocycles. The van der Waals surface area contributed by atoms with E-state index in [-0.39, 0.29) is 54.6 Å². The summed E-state index contributed by atoms with van der Waals surface area (Å²) in [5.74, 6) is -0.651. The van der Waals surface area contributed by atoms with Gasteiger partial charge in [0.2, 0.25) is 11.8 Å². The molecule has 3 rings (SSSR count). The SMILES string of the molecule is CCCNC(=O)C(C)(C)CC(=O)C[C@@H]1C[C@@]2(CO2)[C@H](O)[C@@H](/C=C/C(C)=C/C[C@@H]2O[C@H](C)[C@H](NC(=O)/C=C\[C@H](C)OC(C)=O)C[C@@H]2C)O1. The van der Waals surface area contributed by atoms with Crippen LogP contribution >= 0.6 is 0 Å². The summed E-state index contributed by atoms with van der Waals surface area (Å²) in [7, 11) is 0. The molecular weight excluding hydrogens is 604 g/mol. The fourth-order valence-electron chi connectivity index (χ4n) is 6.26. The highest BCUT2D eigenvalue weighted by molar-refractivity contribution is 5.89. The molecule has 264 valence electrons. The number of aliphatic hydroxyl groups excluding tert-OH is 1. The Kier molecular flexibility index (Phi) is 14.0. The lowest BCUT2D eigenvalue weighted by Crippen LogP contribution is -2.50. The van der Waals surface area contributed by atoms with Crippen molar-refractivity contribution in [3.63, 3.8) is 0 Å². The van der Waals surface area contributed by atoms with Gasteiger partial charge in [0.05, 0.1) is 36.4 Å². The second-order valence-electron chi connectivity index (χ2n) is 14.2. The maximum atomic E-state index is 13.0. The number of carbonyl (C=O) groups is 4. The van der Waals surface area contributed by atoms with E-state index < -0.39 is 41.4 Å². The van der Waals surface area contributed by atoms with E-state index in [1.807, 2.05) is 32.9 Å². The summed E-state index contributed by atoms with van der Waals surface area (Å²) < 4.78 is 23.2. The Hall–Kier alpha value is -2.86. The van der Waals surface area contributed by atoms with E-state index in [9.17, 15) is 24.3 Å². The fourth-order valence-corrected chi connectivity index (χ4v) is 6.26. The summed E-state index contributed by atoms with van der Waals surface area (Å²) in [4.78, 5) is 49.0. The average molecular weight is 661 g/mol. The van der Waals surface area contributed by atoms with E-state index in [2.05, 4.69) is 23.6 Å². The molecule has 3 fully saturated rings. The van der Waals surface area contributed by atoms with Crippen molar-refractivity contribution in [2.75, 3.05) is 13.2 Å². The van der Waals surface area contributed by atoms with Crippen LogP contribution in [0.1, 0.15) is 93.9 Å². The molecule has 0 aliphatic carbocycles. The van der Waals surface area contributed by atoms with E-state index in [1.54, 1.807) is 26.8 Å². The van der Waals surface area contributed by atoms with Crippen LogP contribution in [0.5, 0.6) is 0 Å². The first-order valence-corrected chi connectivity index (χ1v) is 17.0. The number of rotatable bonds is 15. The van der Waals surface area contributed by atoms with E-state index in [0.717, 1.165) is 18.4 Å². The maximum absolute atomic E-state index is 13.0. The number of ketones is 1. The number of ether oxygens (including phenoxy) is 4. The summed E-state index contributed by atoms with van der Waals surface area (Å²) >= 11 is 0. The van der Waals surface area contributed by atoms with Crippen LogP contribution in [0.15, 0.2) is 36.0 Å². The predicted molar refractivity (Wildman–Crippen MR) is 177 cm³/mol.